The number of amides is 2. The first kappa shape index (κ1) is 16.2. The lowest BCUT2D eigenvalue weighted by molar-refractivity contribution is -0.120. The van der Waals surface area contributed by atoms with Crippen molar-refractivity contribution in [1.82, 2.24) is 10.6 Å². The van der Waals surface area contributed by atoms with Crippen LogP contribution >= 0.6 is 11.6 Å². The highest BCUT2D eigenvalue weighted by Crippen LogP contribution is 2.24. The minimum Gasteiger partial charge on any atom is -0.296 e. The van der Waals surface area contributed by atoms with Crippen LogP contribution in [0.3, 0.4) is 0 Å². The molecule has 0 radical (unpaired) electrons. The van der Waals surface area contributed by atoms with Crippen molar-refractivity contribution in [1.29, 1.82) is 0 Å². The lowest BCUT2D eigenvalue weighted by atomic mass is 10.0. The van der Waals surface area contributed by atoms with Gasteiger partial charge in [0.15, 0.2) is 0 Å². The first-order valence-electron chi connectivity index (χ1n) is 7.52. The molecule has 5 nitrogen and oxygen atoms in total. The molecule has 0 bridgehead atoms. The number of hydrogen-bond donors (Lipinski definition) is 2. The van der Waals surface area contributed by atoms with E-state index in [0.717, 1.165) is 11.1 Å². The van der Waals surface area contributed by atoms with Crippen molar-refractivity contribution in [2.45, 2.75) is 19.4 Å². The third kappa shape index (κ3) is 3.81. The smallest absolute Gasteiger partial charge is 0.257 e. The lowest BCUT2D eigenvalue weighted by Gasteiger charge is -2.21. The zero-order chi connectivity index (χ0) is 17.1. The molecule has 0 unspecified atom stereocenters. The Kier molecular flexibility index (Phi) is 4.62. The van der Waals surface area contributed by atoms with Gasteiger partial charge in [0.25, 0.3) is 5.91 Å². The summed E-state index contributed by atoms with van der Waals surface area (Å²) in [4.78, 5) is 28.7. The third-order valence-electron chi connectivity index (χ3n) is 3.69. The molecule has 0 saturated carbocycles. The zero-order valence-corrected chi connectivity index (χ0v) is 13.8. The maximum Gasteiger partial charge on any atom is 0.257 e. The minimum absolute atomic E-state index is 0.165. The van der Waals surface area contributed by atoms with Gasteiger partial charge in [0.1, 0.15) is 0 Å². The van der Waals surface area contributed by atoms with Crippen LogP contribution in [0.25, 0.3) is 0 Å². The number of benzene rings is 2. The predicted octanol–water partition coefficient (Wildman–Crippen LogP) is 3.00. The number of halogens is 1. The van der Waals surface area contributed by atoms with Crippen molar-refractivity contribution in [3.05, 3.63) is 70.2 Å². The maximum absolute atomic E-state index is 12.3. The molecule has 2 N–H and O–H groups in total. The van der Waals surface area contributed by atoms with E-state index < -0.39 is 0 Å². The number of aryl methyl sites for hydroxylation is 1. The molecule has 6 heteroatoms. The van der Waals surface area contributed by atoms with Gasteiger partial charge >= 0.3 is 0 Å². The summed E-state index contributed by atoms with van der Waals surface area (Å²) in [5, 5.41) is 5.87. The molecule has 1 atom stereocenters. The third-order valence-corrected chi connectivity index (χ3v) is 3.94. The fourth-order valence-electron chi connectivity index (χ4n) is 2.50. The van der Waals surface area contributed by atoms with E-state index in [4.69, 9.17) is 11.6 Å². The van der Waals surface area contributed by atoms with Crippen molar-refractivity contribution in [2.75, 3.05) is 0 Å². The fraction of sp³-hybridized carbons (Fsp3) is 0.167. The summed E-state index contributed by atoms with van der Waals surface area (Å²) in [6, 6.07) is 14.0. The molecule has 1 aliphatic rings. The number of aliphatic imine (C=N–C) groups is 1. The highest BCUT2D eigenvalue weighted by Gasteiger charge is 2.23. The molecule has 0 aromatic heterocycles. The number of nitrogens with one attached hydrogen (secondary N) is 2. The Labute approximate surface area is 144 Å². The van der Waals surface area contributed by atoms with E-state index in [1.165, 1.54) is 0 Å². The van der Waals surface area contributed by atoms with E-state index in [1.54, 1.807) is 24.3 Å². The van der Waals surface area contributed by atoms with Gasteiger partial charge in [-0.2, -0.15) is 0 Å². The summed E-state index contributed by atoms with van der Waals surface area (Å²) in [5.41, 5.74) is 2.37. The van der Waals surface area contributed by atoms with Crippen molar-refractivity contribution in [3.63, 3.8) is 0 Å². The molecular formula is C18H16ClN3O2. The molecule has 3 rings (SSSR count). The van der Waals surface area contributed by atoms with Crippen LogP contribution in [0.15, 0.2) is 53.5 Å². The van der Waals surface area contributed by atoms with E-state index in [9.17, 15) is 9.59 Å². The van der Waals surface area contributed by atoms with Crippen molar-refractivity contribution in [3.8, 4) is 0 Å². The summed E-state index contributed by atoms with van der Waals surface area (Å²) < 4.78 is 0. The average Bonchev–Trinajstić information content (AvgIpc) is 2.55. The van der Waals surface area contributed by atoms with Gasteiger partial charge < -0.3 is 0 Å². The van der Waals surface area contributed by atoms with E-state index in [0.29, 0.717) is 10.6 Å². The Balaban J connectivity index is 1.80. The minimum atomic E-state index is -0.344. The second kappa shape index (κ2) is 6.84. The Bertz CT molecular complexity index is 815. The second-order valence-electron chi connectivity index (χ2n) is 5.62. The van der Waals surface area contributed by atoms with Gasteiger partial charge in [-0.25, -0.2) is 4.99 Å². The highest BCUT2D eigenvalue weighted by atomic mass is 35.5. The van der Waals surface area contributed by atoms with E-state index >= 15 is 0 Å². The summed E-state index contributed by atoms with van der Waals surface area (Å²) in [5.74, 6) is -0.336. The topological polar surface area (TPSA) is 70.6 Å². The number of guanidine groups is 1. The van der Waals surface area contributed by atoms with Crippen LogP contribution in [0.4, 0.5) is 0 Å². The van der Waals surface area contributed by atoms with Gasteiger partial charge in [0.2, 0.25) is 11.9 Å². The SMILES string of the molecule is Cc1cccc(C(=O)NC2=N[C@H](c3ccc(Cl)cc3)CC(=O)N2)c1. The molecule has 2 aromatic carbocycles. The van der Waals surface area contributed by atoms with Gasteiger partial charge in [-0.15, -0.1) is 0 Å². The summed E-state index contributed by atoms with van der Waals surface area (Å²) in [7, 11) is 0. The van der Waals surface area contributed by atoms with Gasteiger partial charge in [-0.3, -0.25) is 20.2 Å². The quantitative estimate of drug-likeness (QED) is 0.881. The first-order valence-corrected chi connectivity index (χ1v) is 7.90. The first-order chi connectivity index (χ1) is 11.5. The number of nitrogens with zero attached hydrogens (tertiary/aromatic N) is 1. The van der Waals surface area contributed by atoms with Crippen LogP contribution in [0.1, 0.15) is 33.9 Å². The van der Waals surface area contributed by atoms with Crippen molar-refractivity contribution < 1.29 is 9.59 Å². The summed E-state index contributed by atoms with van der Waals surface area (Å²) >= 11 is 5.89. The van der Waals surface area contributed by atoms with Gasteiger partial charge in [0.05, 0.1) is 12.5 Å². The number of carbonyl (C=O) groups is 2. The van der Waals surface area contributed by atoms with Crippen LogP contribution in [-0.4, -0.2) is 17.8 Å². The Morgan fingerprint density at radius 1 is 1.25 bits per heavy atom. The van der Waals surface area contributed by atoms with E-state index in [1.807, 2.05) is 31.2 Å². The molecule has 122 valence electrons. The van der Waals surface area contributed by atoms with Crippen LogP contribution in [0.5, 0.6) is 0 Å². The average molecular weight is 342 g/mol. The van der Waals surface area contributed by atoms with Gasteiger partial charge in [0, 0.05) is 10.6 Å². The zero-order valence-electron chi connectivity index (χ0n) is 13.0. The molecule has 0 aliphatic carbocycles. The van der Waals surface area contributed by atoms with E-state index in [-0.39, 0.29) is 30.2 Å². The number of rotatable bonds is 2. The maximum atomic E-state index is 12.3. The molecule has 1 aliphatic heterocycles. The molecule has 0 fully saturated rings. The molecule has 0 spiro atoms. The normalized spacial score (nSPS) is 17.0. The van der Waals surface area contributed by atoms with Crippen LogP contribution in [-0.2, 0) is 4.79 Å². The molecule has 1 heterocycles. The van der Waals surface area contributed by atoms with Crippen molar-refractivity contribution >= 4 is 29.4 Å². The Morgan fingerprint density at radius 3 is 2.71 bits per heavy atom. The van der Waals surface area contributed by atoms with Crippen LogP contribution < -0.4 is 10.6 Å². The Hall–Kier alpha value is -2.66. The van der Waals surface area contributed by atoms with Gasteiger partial charge in [-0.1, -0.05) is 41.4 Å². The van der Waals surface area contributed by atoms with Crippen LogP contribution in [0, 0.1) is 6.92 Å². The molecule has 24 heavy (non-hydrogen) atoms. The monoisotopic (exact) mass is 341 g/mol. The lowest BCUT2D eigenvalue weighted by Crippen LogP contribution is -2.47. The predicted molar refractivity (Wildman–Crippen MR) is 93.0 cm³/mol. The van der Waals surface area contributed by atoms with E-state index in [2.05, 4.69) is 15.6 Å². The number of hydrogen-bond acceptors (Lipinski definition) is 3. The standard InChI is InChI=1S/C18H16ClN3O2/c1-11-3-2-4-13(9-11)17(24)22-18-20-15(10-16(23)21-18)12-5-7-14(19)8-6-12/h2-9,15H,10H2,1H3,(H2,20,21,22,23,24)/t15-/m0/s1. The molecule has 0 saturated heterocycles. The second-order valence-corrected chi connectivity index (χ2v) is 6.06. The molecule has 2 amide bonds. The fourth-order valence-corrected chi connectivity index (χ4v) is 2.63. The largest absolute Gasteiger partial charge is 0.296 e. The Morgan fingerprint density at radius 2 is 2.00 bits per heavy atom. The highest BCUT2D eigenvalue weighted by molar-refractivity contribution is 6.30. The summed E-state index contributed by atoms with van der Waals surface area (Å²) in [6.45, 7) is 1.91. The van der Waals surface area contributed by atoms with Crippen LogP contribution in [0.2, 0.25) is 5.02 Å². The molecule has 2 aromatic rings. The number of carbonyl (C=O) groups excluding carboxylic acids is 2. The summed E-state index contributed by atoms with van der Waals surface area (Å²) in [6.07, 6.45) is 0.228. The molecular weight excluding hydrogens is 326 g/mol. The van der Waals surface area contributed by atoms with Crippen molar-refractivity contribution in [2.24, 2.45) is 4.99 Å². The van der Waals surface area contributed by atoms with Gasteiger partial charge in [-0.05, 0) is 36.8 Å².